The van der Waals surface area contributed by atoms with Gasteiger partial charge in [0.15, 0.2) is 17.8 Å². The highest BCUT2D eigenvalue weighted by atomic mass is 16.5. The highest BCUT2D eigenvalue weighted by Crippen LogP contribution is 2.43. The van der Waals surface area contributed by atoms with Gasteiger partial charge in [0, 0.05) is 29.6 Å². The lowest BCUT2D eigenvalue weighted by Gasteiger charge is -2.25. The maximum atomic E-state index is 11.0. The third-order valence-electron chi connectivity index (χ3n) is 5.28. The van der Waals surface area contributed by atoms with Crippen molar-refractivity contribution in [3.63, 3.8) is 0 Å². The van der Waals surface area contributed by atoms with Gasteiger partial charge in [0.05, 0.1) is 43.8 Å². The monoisotopic (exact) mass is 425 g/mol. The van der Waals surface area contributed by atoms with E-state index in [9.17, 15) is 10.2 Å². The number of aliphatic hydroxyl groups excluding tert-OH is 1. The minimum Gasteiger partial charge on any atom is -0.491 e. The van der Waals surface area contributed by atoms with Crippen LogP contribution in [0, 0.1) is 0 Å². The lowest BCUT2D eigenvalue weighted by atomic mass is 10.1. The molecule has 0 aromatic carbocycles. The van der Waals surface area contributed by atoms with Gasteiger partial charge in [0.1, 0.15) is 0 Å². The average Bonchev–Trinajstić information content (AvgIpc) is 3.27. The number of aromatic nitrogens is 4. The number of nitrogens with zero attached hydrogens (tertiary/aromatic N) is 5. The van der Waals surface area contributed by atoms with Crippen molar-refractivity contribution in [2.24, 2.45) is 0 Å². The molecule has 0 aliphatic carbocycles. The van der Waals surface area contributed by atoms with Crippen LogP contribution in [-0.4, -0.2) is 49.8 Å². The van der Waals surface area contributed by atoms with Crippen LogP contribution in [0.3, 0.4) is 0 Å². The summed E-state index contributed by atoms with van der Waals surface area (Å²) in [5.41, 5.74) is 2.14. The Morgan fingerprint density at radius 3 is 2.61 bits per heavy atom. The van der Waals surface area contributed by atoms with Gasteiger partial charge in [0.25, 0.3) is 5.88 Å². The zero-order valence-corrected chi connectivity index (χ0v) is 18.3. The molecule has 9 heteroatoms. The summed E-state index contributed by atoms with van der Waals surface area (Å²) < 4.78 is 12.2. The Morgan fingerprint density at radius 1 is 1.16 bits per heavy atom. The van der Waals surface area contributed by atoms with Gasteiger partial charge in [-0.1, -0.05) is 6.07 Å². The van der Waals surface area contributed by atoms with Crippen LogP contribution in [0.4, 0.5) is 5.82 Å². The molecule has 0 amide bonds. The van der Waals surface area contributed by atoms with Gasteiger partial charge in [-0.2, -0.15) is 5.10 Å². The Hall–Kier alpha value is -3.17. The zero-order valence-electron chi connectivity index (χ0n) is 18.3. The Kier molecular flexibility index (Phi) is 5.32. The minimum atomic E-state index is -0.884. The second kappa shape index (κ2) is 7.82. The highest BCUT2D eigenvalue weighted by molar-refractivity contribution is 5.63. The molecule has 1 unspecified atom stereocenters. The van der Waals surface area contributed by atoms with E-state index in [2.05, 4.69) is 10.1 Å². The number of ether oxygens (including phenoxy) is 2. The van der Waals surface area contributed by atoms with E-state index < -0.39 is 11.8 Å². The summed E-state index contributed by atoms with van der Waals surface area (Å²) in [7, 11) is 3.10. The molecule has 1 aliphatic rings. The molecule has 1 aliphatic heterocycles. The third kappa shape index (κ3) is 3.94. The second-order valence-electron chi connectivity index (χ2n) is 8.25. The summed E-state index contributed by atoms with van der Waals surface area (Å²) in [4.78, 5) is 10.9. The molecule has 9 nitrogen and oxygen atoms in total. The number of pyridine rings is 2. The SMILES string of the molecule is COc1cc(-c2ccc3c(n2)[C@H](C)N(c2ccn(CC(C)(C)O)n2)C3O)cnc1OC. The maximum Gasteiger partial charge on any atom is 0.256 e. The number of methoxy groups -OCH3 is 2. The van der Waals surface area contributed by atoms with Crippen LogP contribution < -0.4 is 14.4 Å². The molecule has 2 N–H and O–H groups in total. The molecular formula is C22H27N5O4. The van der Waals surface area contributed by atoms with E-state index in [0.29, 0.717) is 24.0 Å². The molecule has 0 spiro atoms. The van der Waals surface area contributed by atoms with Crippen molar-refractivity contribution in [3.8, 4) is 22.9 Å². The van der Waals surface area contributed by atoms with Crippen LogP contribution >= 0.6 is 0 Å². The molecule has 3 aromatic heterocycles. The fourth-order valence-electron chi connectivity index (χ4n) is 3.86. The van der Waals surface area contributed by atoms with Crippen molar-refractivity contribution in [1.82, 2.24) is 19.7 Å². The molecule has 0 bridgehead atoms. The smallest absolute Gasteiger partial charge is 0.256 e. The fraction of sp³-hybridized carbons (Fsp3) is 0.409. The van der Waals surface area contributed by atoms with E-state index in [1.165, 1.54) is 0 Å². The van der Waals surface area contributed by atoms with Gasteiger partial charge in [-0.15, -0.1) is 0 Å². The maximum absolute atomic E-state index is 11.0. The first kappa shape index (κ1) is 21.1. The number of aliphatic hydroxyl groups is 2. The van der Waals surface area contributed by atoms with Crippen molar-refractivity contribution < 1.29 is 19.7 Å². The largest absolute Gasteiger partial charge is 0.491 e. The fourth-order valence-corrected chi connectivity index (χ4v) is 3.86. The van der Waals surface area contributed by atoms with Crippen LogP contribution in [0.1, 0.15) is 44.3 Å². The summed E-state index contributed by atoms with van der Waals surface area (Å²) in [5, 5.41) is 25.5. The van der Waals surface area contributed by atoms with Crippen LogP contribution in [0.15, 0.2) is 36.7 Å². The van der Waals surface area contributed by atoms with E-state index in [1.807, 2.05) is 36.1 Å². The Morgan fingerprint density at radius 2 is 1.94 bits per heavy atom. The Bertz CT molecular complexity index is 1090. The van der Waals surface area contributed by atoms with Gasteiger partial charge in [-0.3, -0.25) is 9.67 Å². The summed E-state index contributed by atoms with van der Waals surface area (Å²) in [6.07, 6.45) is 2.62. The number of anilines is 1. The molecule has 4 heterocycles. The van der Waals surface area contributed by atoms with Crippen LogP contribution in [0.25, 0.3) is 11.3 Å². The van der Waals surface area contributed by atoms with E-state index >= 15 is 0 Å². The number of fused-ring (bicyclic) bond motifs is 1. The van der Waals surface area contributed by atoms with E-state index in [1.54, 1.807) is 45.1 Å². The van der Waals surface area contributed by atoms with Crippen molar-refractivity contribution in [3.05, 3.63) is 47.9 Å². The molecule has 4 rings (SSSR count). The first-order chi connectivity index (χ1) is 14.7. The van der Waals surface area contributed by atoms with Crippen LogP contribution in [-0.2, 0) is 6.54 Å². The third-order valence-corrected chi connectivity index (χ3v) is 5.28. The van der Waals surface area contributed by atoms with E-state index in [-0.39, 0.29) is 6.04 Å². The predicted molar refractivity (Wildman–Crippen MR) is 115 cm³/mol. The summed E-state index contributed by atoms with van der Waals surface area (Å²) >= 11 is 0. The van der Waals surface area contributed by atoms with Crippen LogP contribution in [0.2, 0.25) is 0 Å². The molecule has 0 fully saturated rings. The molecule has 0 saturated heterocycles. The lowest BCUT2D eigenvalue weighted by Crippen LogP contribution is -2.28. The second-order valence-corrected chi connectivity index (χ2v) is 8.25. The van der Waals surface area contributed by atoms with Crippen molar-refractivity contribution >= 4 is 5.82 Å². The first-order valence-electron chi connectivity index (χ1n) is 10.0. The van der Waals surface area contributed by atoms with Crippen LogP contribution in [0.5, 0.6) is 11.6 Å². The summed E-state index contributed by atoms with van der Waals surface area (Å²) in [6, 6.07) is 7.20. The van der Waals surface area contributed by atoms with Crippen molar-refractivity contribution in [1.29, 1.82) is 0 Å². The van der Waals surface area contributed by atoms with Gasteiger partial charge < -0.3 is 24.6 Å². The van der Waals surface area contributed by atoms with Gasteiger partial charge in [-0.05, 0) is 32.9 Å². The Balaban J connectivity index is 1.65. The van der Waals surface area contributed by atoms with Gasteiger partial charge in [-0.25, -0.2) is 4.98 Å². The topological polar surface area (TPSA) is 106 Å². The number of rotatable bonds is 6. The van der Waals surface area contributed by atoms with Crippen molar-refractivity contribution in [2.45, 2.75) is 45.2 Å². The van der Waals surface area contributed by atoms with E-state index in [4.69, 9.17) is 14.5 Å². The predicted octanol–water partition coefficient (Wildman–Crippen LogP) is 2.70. The lowest BCUT2D eigenvalue weighted by molar-refractivity contribution is 0.0577. The minimum absolute atomic E-state index is 0.191. The summed E-state index contributed by atoms with van der Waals surface area (Å²) in [5.74, 6) is 1.55. The highest BCUT2D eigenvalue weighted by Gasteiger charge is 2.37. The van der Waals surface area contributed by atoms with Gasteiger partial charge >= 0.3 is 0 Å². The van der Waals surface area contributed by atoms with Gasteiger partial charge in [0.2, 0.25) is 0 Å². The average molecular weight is 425 g/mol. The molecule has 31 heavy (non-hydrogen) atoms. The Labute approximate surface area is 180 Å². The normalized spacial score (nSPS) is 18.2. The molecule has 164 valence electrons. The molecule has 0 saturated carbocycles. The summed E-state index contributed by atoms with van der Waals surface area (Å²) in [6.45, 7) is 5.79. The van der Waals surface area contributed by atoms with E-state index in [0.717, 1.165) is 22.5 Å². The zero-order chi connectivity index (χ0) is 22.3. The molecular weight excluding hydrogens is 398 g/mol. The van der Waals surface area contributed by atoms with Crippen molar-refractivity contribution in [2.75, 3.05) is 19.1 Å². The quantitative estimate of drug-likeness (QED) is 0.621. The molecule has 3 aromatic rings. The molecule has 2 atom stereocenters. The number of hydrogen-bond donors (Lipinski definition) is 2. The number of hydrogen-bond acceptors (Lipinski definition) is 8. The molecule has 0 radical (unpaired) electrons. The first-order valence-corrected chi connectivity index (χ1v) is 10.0. The standard InChI is InChI=1S/C22H27N5O4/c1-13-19-15(21(28)27(13)18-8-9-26(25-18)12-22(2,3)29)6-7-16(24-19)14-10-17(30-4)20(31-5)23-11-14/h6-11,13,21,28-29H,12H2,1-5H3/t13-,21?/m0/s1.